The number of rotatable bonds is 13. The zero-order chi connectivity index (χ0) is 24.2. The number of nitrogens with two attached hydrogens (primary N) is 1. The van der Waals surface area contributed by atoms with Crippen LogP contribution in [0.2, 0.25) is 0 Å². The van der Waals surface area contributed by atoms with Crippen LogP contribution >= 0.6 is 0 Å². The van der Waals surface area contributed by atoms with Crippen LogP contribution in [0.25, 0.3) is 0 Å². The van der Waals surface area contributed by atoms with Crippen molar-refractivity contribution in [2.75, 3.05) is 26.2 Å². The molecule has 1 amide bonds. The summed E-state index contributed by atoms with van der Waals surface area (Å²) in [4.78, 5) is 19.8. The van der Waals surface area contributed by atoms with E-state index in [4.69, 9.17) is 10.5 Å². The van der Waals surface area contributed by atoms with Gasteiger partial charge in [0.25, 0.3) is 0 Å². The Kier molecular flexibility index (Phi) is 15.5. The first kappa shape index (κ1) is 28.5. The molecule has 2 aromatic heterocycles. The summed E-state index contributed by atoms with van der Waals surface area (Å²) in [6, 6.07) is 11.8. The van der Waals surface area contributed by atoms with Crippen molar-refractivity contribution in [1.82, 2.24) is 25.9 Å². The van der Waals surface area contributed by atoms with Gasteiger partial charge >= 0.3 is 6.09 Å². The molecule has 0 aromatic carbocycles. The van der Waals surface area contributed by atoms with Gasteiger partial charge in [-0.1, -0.05) is 12.1 Å². The number of hydrogen-bond acceptors (Lipinski definition) is 7. The minimum atomic E-state index is -0.436. The highest BCUT2D eigenvalue weighted by molar-refractivity contribution is 5.67. The molecule has 2 heterocycles. The standard InChI is InChI=1S/C15H25N3O2.C10H17N3/c1-15(2,3)20-14(19)18-11-7-6-9-16-12-13-8-4-5-10-17-13;11-6-2-4-7-12-9-10-5-1-3-8-13-10/h4-5,8,10,16H,6-7,9,11-12H2,1-3H3,(H,18,19);1,3,5,8,12H,2,4,6-7,9,11H2. The highest BCUT2D eigenvalue weighted by Gasteiger charge is 2.15. The van der Waals surface area contributed by atoms with Crippen molar-refractivity contribution >= 4 is 6.09 Å². The third-order valence-electron chi connectivity index (χ3n) is 4.32. The number of hydrogen-bond donors (Lipinski definition) is 4. The Bertz CT molecular complexity index is 723. The fraction of sp³-hybridized carbons (Fsp3) is 0.560. The molecule has 33 heavy (non-hydrogen) atoms. The van der Waals surface area contributed by atoms with Gasteiger partial charge < -0.3 is 26.4 Å². The van der Waals surface area contributed by atoms with Crippen molar-refractivity contribution in [3.63, 3.8) is 0 Å². The molecule has 8 nitrogen and oxygen atoms in total. The number of pyridine rings is 2. The lowest BCUT2D eigenvalue weighted by atomic mass is 10.2. The molecule has 0 atom stereocenters. The molecule has 0 aliphatic carbocycles. The van der Waals surface area contributed by atoms with Gasteiger partial charge in [-0.05, 0) is 90.4 Å². The second-order valence-corrected chi connectivity index (χ2v) is 8.63. The summed E-state index contributed by atoms with van der Waals surface area (Å²) < 4.78 is 5.15. The predicted octanol–water partition coefficient (Wildman–Crippen LogP) is 3.39. The van der Waals surface area contributed by atoms with E-state index in [-0.39, 0.29) is 6.09 Å². The number of amides is 1. The molecule has 0 aliphatic rings. The summed E-state index contributed by atoms with van der Waals surface area (Å²) in [6.07, 6.45) is 7.42. The van der Waals surface area contributed by atoms with Crippen LogP contribution in [0.4, 0.5) is 4.79 Å². The Morgan fingerprint density at radius 1 is 0.848 bits per heavy atom. The second-order valence-electron chi connectivity index (χ2n) is 8.63. The maximum absolute atomic E-state index is 11.4. The molecule has 0 unspecified atom stereocenters. The number of carbonyl (C=O) groups is 1. The van der Waals surface area contributed by atoms with E-state index in [0.29, 0.717) is 6.54 Å². The summed E-state index contributed by atoms with van der Waals surface area (Å²) in [6.45, 7) is 10.5. The molecule has 0 spiro atoms. The molecule has 184 valence electrons. The van der Waals surface area contributed by atoms with Gasteiger partial charge in [0.2, 0.25) is 0 Å². The SMILES string of the molecule is CC(C)(C)OC(=O)NCCCCNCc1ccccn1.NCCCCNCc1ccccn1. The van der Waals surface area contributed by atoms with E-state index >= 15 is 0 Å². The first-order valence-electron chi connectivity index (χ1n) is 11.8. The largest absolute Gasteiger partial charge is 0.444 e. The predicted molar refractivity (Wildman–Crippen MR) is 134 cm³/mol. The van der Waals surface area contributed by atoms with E-state index in [0.717, 1.165) is 69.8 Å². The Morgan fingerprint density at radius 2 is 1.36 bits per heavy atom. The van der Waals surface area contributed by atoms with E-state index in [1.165, 1.54) is 0 Å². The number of alkyl carbamates (subject to hydrolysis) is 1. The molecule has 2 rings (SSSR count). The molecule has 8 heteroatoms. The van der Waals surface area contributed by atoms with Gasteiger partial charge in [0, 0.05) is 32.0 Å². The van der Waals surface area contributed by atoms with Crippen molar-refractivity contribution in [1.29, 1.82) is 0 Å². The number of aromatic nitrogens is 2. The number of nitrogens with one attached hydrogen (secondary N) is 3. The van der Waals surface area contributed by atoms with Crippen LogP contribution in [0.1, 0.15) is 57.8 Å². The summed E-state index contributed by atoms with van der Waals surface area (Å²) >= 11 is 0. The Hall–Kier alpha value is -2.55. The lowest BCUT2D eigenvalue weighted by molar-refractivity contribution is 0.0527. The van der Waals surface area contributed by atoms with E-state index in [1.54, 1.807) is 6.20 Å². The van der Waals surface area contributed by atoms with Crippen LogP contribution in [-0.2, 0) is 17.8 Å². The molecule has 0 aliphatic heterocycles. The Morgan fingerprint density at radius 3 is 1.82 bits per heavy atom. The van der Waals surface area contributed by atoms with E-state index in [2.05, 4.69) is 25.9 Å². The molecule has 0 saturated heterocycles. The van der Waals surface area contributed by atoms with Gasteiger partial charge in [-0.3, -0.25) is 9.97 Å². The lowest BCUT2D eigenvalue weighted by Gasteiger charge is -2.19. The van der Waals surface area contributed by atoms with Crippen LogP contribution in [0.5, 0.6) is 0 Å². The van der Waals surface area contributed by atoms with Gasteiger partial charge in [-0.2, -0.15) is 0 Å². The monoisotopic (exact) mass is 458 g/mol. The number of unbranched alkanes of at least 4 members (excludes halogenated alkanes) is 2. The van der Waals surface area contributed by atoms with Crippen LogP contribution in [0.15, 0.2) is 48.8 Å². The van der Waals surface area contributed by atoms with Gasteiger partial charge in [0.15, 0.2) is 0 Å². The summed E-state index contributed by atoms with van der Waals surface area (Å²) in [5, 5.41) is 9.39. The fourth-order valence-corrected chi connectivity index (χ4v) is 2.71. The first-order valence-corrected chi connectivity index (χ1v) is 11.8. The second kappa shape index (κ2) is 17.9. The summed E-state index contributed by atoms with van der Waals surface area (Å²) in [5.74, 6) is 0. The average molecular weight is 459 g/mol. The number of carbonyl (C=O) groups excluding carboxylic acids is 1. The van der Waals surface area contributed by atoms with Gasteiger partial charge in [-0.25, -0.2) is 4.79 Å². The molecule has 0 radical (unpaired) electrons. The maximum Gasteiger partial charge on any atom is 0.407 e. The third kappa shape index (κ3) is 17.7. The molecule has 0 saturated carbocycles. The fourth-order valence-electron chi connectivity index (χ4n) is 2.71. The van der Waals surface area contributed by atoms with Crippen LogP contribution in [0, 0.1) is 0 Å². The van der Waals surface area contributed by atoms with Crippen molar-refractivity contribution in [2.45, 2.75) is 65.1 Å². The molecular weight excluding hydrogens is 416 g/mol. The van der Waals surface area contributed by atoms with E-state index in [1.807, 2.05) is 63.4 Å². The highest BCUT2D eigenvalue weighted by Crippen LogP contribution is 2.06. The van der Waals surface area contributed by atoms with Crippen LogP contribution in [0.3, 0.4) is 0 Å². The van der Waals surface area contributed by atoms with Crippen molar-refractivity contribution < 1.29 is 9.53 Å². The highest BCUT2D eigenvalue weighted by atomic mass is 16.6. The molecule has 5 N–H and O–H groups in total. The Labute approximate surface area is 199 Å². The van der Waals surface area contributed by atoms with Crippen molar-refractivity contribution in [3.05, 3.63) is 60.2 Å². The van der Waals surface area contributed by atoms with Gasteiger partial charge in [-0.15, -0.1) is 0 Å². The maximum atomic E-state index is 11.4. The summed E-state index contributed by atoms with van der Waals surface area (Å²) in [7, 11) is 0. The van der Waals surface area contributed by atoms with Crippen LogP contribution in [-0.4, -0.2) is 47.8 Å². The zero-order valence-electron chi connectivity index (χ0n) is 20.5. The topological polar surface area (TPSA) is 114 Å². The van der Waals surface area contributed by atoms with E-state index in [9.17, 15) is 4.79 Å². The van der Waals surface area contributed by atoms with Gasteiger partial charge in [0.05, 0.1) is 11.4 Å². The molecule has 0 fully saturated rings. The smallest absolute Gasteiger partial charge is 0.407 e. The first-order chi connectivity index (χ1) is 15.9. The number of nitrogens with zero attached hydrogens (tertiary/aromatic N) is 2. The summed E-state index contributed by atoms with van der Waals surface area (Å²) in [5.41, 5.74) is 7.08. The van der Waals surface area contributed by atoms with Crippen molar-refractivity contribution in [2.24, 2.45) is 5.73 Å². The van der Waals surface area contributed by atoms with Crippen molar-refractivity contribution in [3.8, 4) is 0 Å². The third-order valence-corrected chi connectivity index (χ3v) is 4.32. The molecular formula is C25H42N6O2. The Balaban J connectivity index is 0.000000361. The molecule has 0 bridgehead atoms. The molecule has 2 aromatic rings. The minimum absolute atomic E-state index is 0.348. The van der Waals surface area contributed by atoms with E-state index < -0.39 is 5.60 Å². The zero-order valence-corrected chi connectivity index (χ0v) is 20.5. The lowest BCUT2D eigenvalue weighted by Crippen LogP contribution is -2.33. The minimum Gasteiger partial charge on any atom is -0.444 e. The van der Waals surface area contributed by atoms with Gasteiger partial charge in [0.1, 0.15) is 5.60 Å². The van der Waals surface area contributed by atoms with Crippen LogP contribution < -0.4 is 21.7 Å². The average Bonchev–Trinajstić information content (AvgIpc) is 2.79. The number of ether oxygens (including phenoxy) is 1. The normalized spacial score (nSPS) is 10.8. The quantitative estimate of drug-likeness (QED) is 0.340.